The summed E-state index contributed by atoms with van der Waals surface area (Å²) in [6.07, 6.45) is 0.495. The lowest BCUT2D eigenvalue weighted by Crippen LogP contribution is -2.31. The lowest BCUT2D eigenvalue weighted by atomic mass is 10.2. The molecule has 28 heavy (non-hydrogen) atoms. The molecule has 0 aliphatic heterocycles. The lowest BCUT2D eigenvalue weighted by molar-refractivity contribution is -0.124. The number of carbonyl (C=O) groups excluding carboxylic acids is 2. The molecule has 0 aromatic heterocycles. The topological polar surface area (TPSA) is 80.8 Å². The number of anilines is 1. The summed E-state index contributed by atoms with van der Waals surface area (Å²) in [5.74, 6) is -1.21. The Hall–Kier alpha value is -2.64. The van der Waals surface area contributed by atoms with E-state index < -0.39 is 22.1 Å². The summed E-state index contributed by atoms with van der Waals surface area (Å²) in [5.41, 5.74) is 0.314. The molecule has 0 aliphatic carbocycles. The Kier molecular flexibility index (Phi) is 6.99. The van der Waals surface area contributed by atoms with Gasteiger partial charge in [-0.2, -0.15) is 0 Å². The molecule has 0 radical (unpaired) electrons. The van der Waals surface area contributed by atoms with Gasteiger partial charge in [0.15, 0.2) is 11.9 Å². The first-order valence-electron chi connectivity index (χ1n) is 8.38. The molecule has 0 N–H and O–H groups in total. The Morgan fingerprint density at radius 2 is 1.86 bits per heavy atom. The average Bonchev–Trinajstić information content (AvgIpc) is 2.66. The van der Waals surface area contributed by atoms with Crippen molar-refractivity contribution in [2.24, 2.45) is 0 Å². The third kappa shape index (κ3) is 4.79. The molecular weight excluding hydrogens is 402 g/mol. The summed E-state index contributed by atoms with van der Waals surface area (Å²) in [6.45, 7) is 6.36. The maximum Gasteiger partial charge on any atom is 0.340 e. The number of esters is 1. The van der Waals surface area contributed by atoms with Crippen molar-refractivity contribution in [2.75, 3.05) is 10.8 Å². The third-order valence-electron chi connectivity index (χ3n) is 3.94. The van der Waals surface area contributed by atoms with E-state index >= 15 is 0 Å². The van der Waals surface area contributed by atoms with Crippen LogP contribution in [0.1, 0.15) is 24.2 Å². The molecule has 0 fully saturated rings. The van der Waals surface area contributed by atoms with Crippen molar-refractivity contribution in [1.29, 1.82) is 0 Å². The van der Waals surface area contributed by atoms with Gasteiger partial charge in [0.25, 0.3) is 10.0 Å². The Labute approximate surface area is 169 Å². The molecule has 6 nitrogen and oxygen atoms in total. The number of hydrogen-bond donors (Lipinski definition) is 0. The predicted octanol–water partition coefficient (Wildman–Crippen LogP) is 3.86. The number of halogens is 1. The van der Waals surface area contributed by atoms with Crippen LogP contribution >= 0.6 is 11.6 Å². The van der Waals surface area contributed by atoms with Gasteiger partial charge in [0.1, 0.15) is 0 Å². The van der Waals surface area contributed by atoms with E-state index in [1.54, 1.807) is 30.3 Å². The molecule has 0 saturated carbocycles. The molecule has 1 unspecified atom stereocenters. The summed E-state index contributed by atoms with van der Waals surface area (Å²) in [5, 5.41) is 0.0229. The van der Waals surface area contributed by atoms with Crippen molar-refractivity contribution in [3.63, 3.8) is 0 Å². The van der Waals surface area contributed by atoms with E-state index in [1.807, 2.05) is 0 Å². The van der Waals surface area contributed by atoms with Gasteiger partial charge in [-0.1, -0.05) is 35.9 Å². The van der Waals surface area contributed by atoms with E-state index in [0.717, 1.165) is 10.4 Å². The van der Waals surface area contributed by atoms with E-state index in [-0.39, 0.29) is 27.8 Å². The van der Waals surface area contributed by atoms with Crippen LogP contribution in [0.25, 0.3) is 0 Å². The normalized spacial score (nSPS) is 12.1. The van der Waals surface area contributed by atoms with Crippen LogP contribution in [0.5, 0.6) is 0 Å². The molecule has 0 amide bonds. The highest BCUT2D eigenvalue weighted by Crippen LogP contribution is 2.27. The highest BCUT2D eigenvalue weighted by molar-refractivity contribution is 7.92. The molecule has 0 aliphatic rings. The maximum atomic E-state index is 13.2. The molecule has 0 bridgehead atoms. The fourth-order valence-corrected chi connectivity index (χ4v) is 3.97. The van der Waals surface area contributed by atoms with E-state index in [4.69, 9.17) is 16.3 Å². The molecule has 0 spiro atoms. The summed E-state index contributed by atoms with van der Waals surface area (Å²) in [6, 6.07) is 12.3. The Bertz CT molecular complexity index is 989. The van der Waals surface area contributed by atoms with Gasteiger partial charge >= 0.3 is 5.97 Å². The summed E-state index contributed by atoms with van der Waals surface area (Å²) >= 11 is 6.05. The minimum Gasteiger partial charge on any atom is -0.451 e. The Balaban J connectivity index is 2.47. The minimum atomic E-state index is -4.01. The lowest BCUT2D eigenvalue weighted by Gasteiger charge is -2.23. The molecule has 1 atom stereocenters. The molecular formula is C20H20ClNO5S. The summed E-state index contributed by atoms with van der Waals surface area (Å²) < 4.78 is 32.5. The zero-order chi connectivity index (χ0) is 20.9. The van der Waals surface area contributed by atoms with Gasteiger partial charge in [-0.05, 0) is 44.2 Å². The van der Waals surface area contributed by atoms with Crippen LogP contribution in [0.2, 0.25) is 5.02 Å². The van der Waals surface area contributed by atoms with Crippen LogP contribution in [0.4, 0.5) is 5.69 Å². The van der Waals surface area contributed by atoms with E-state index in [2.05, 4.69) is 6.58 Å². The highest BCUT2D eigenvalue weighted by atomic mass is 35.5. The molecule has 8 heteroatoms. The van der Waals surface area contributed by atoms with E-state index in [0.29, 0.717) is 5.69 Å². The van der Waals surface area contributed by atoms with Crippen LogP contribution in [-0.2, 0) is 19.6 Å². The number of para-hydroxylation sites is 1. The first-order chi connectivity index (χ1) is 13.2. The number of Topliss-reactive ketones (excluding diaryl/α,β-unsaturated/α-hetero) is 1. The number of nitrogens with zero attached hydrogens (tertiary/aromatic N) is 1. The molecule has 2 rings (SSSR count). The quantitative estimate of drug-likeness (QED) is 0.477. The van der Waals surface area contributed by atoms with Gasteiger partial charge in [0.2, 0.25) is 0 Å². The minimum absolute atomic E-state index is 0.0229. The van der Waals surface area contributed by atoms with Crippen molar-refractivity contribution in [3.05, 3.63) is 71.8 Å². The second kappa shape index (κ2) is 9.03. The van der Waals surface area contributed by atoms with Gasteiger partial charge in [0.05, 0.1) is 27.7 Å². The molecule has 2 aromatic rings. The van der Waals surface area contributed by atoms with Crippen molar-refractivity contribution < 1.29 is 22.7 Å². The monoisotopic (exact) mass is 421 g/mol. The van der Waals surface area contributed by atoms with Crippen LogP contribution in [0.3, 0.4) is 0 Å². The zero-order valence-electron chi connectivity index (χ0n) is 15.5. The molecule has 0 saturated heterocycles. The first kappa shape index (κ1) is 21.7. The number of rotatable bonds is 8. The Morgan fingerprint density at radius 1 is 1.21 bits per heavy atom. The van der Waals surface area contributed by atoms with Crippen LogP contribution in [-0.4, -0.2) is 32.8 Å². The van der Waals surface area contributed by atoms with E-state index in [1.165, 1.54) is 32.1 Å². The maximum absolute atomic E-state index is 13.2. The van der Waals surface area contributed by atoms with E-state index in [9.17, 15) is 18.0 Å². The van der Waals surface area contributed by atoms with Gasteiger partial charge < -0.3 is 4.74 Å². The fraction of sp³-hybridized carbons (Fsp3) is 0.200. The van der Waals surface area contributed by atoms with Crippen molar-refractivity contribution in [2.45, 2.75) is 24.8 Å². The number of hydrogen-bond acceptors (Lipinski definition) is 5. The number of benzene rings is 2. The van der Waals surface area contributed by atoms with Gasteiger partial charge in [-0.25, -0.2) is 13.2 Å². The number of ether oxygens (including phenoxy) is 1. The SMILES string of the molecule is C=CCN(c1ccccc1)S(=O)(=O)c1ccc(Cl)c(C(=O)OC(C)C(C)=O)c1. The highest BCUT2D eigenvalue weighted by Gasteiger charge is 2.27. The zero-order valence-corrected chi connectivity index (χ0v) is 17.0. The first-order valence-corrected chi connectivity index (χ1v) is 10.2. The smallest absolute Gasteiger partial charge is 0.340 e. The molecule has 2 aromatic carbocycles. The molecule has 148 valence electrons. The van der Waals surface area contributed by atoms with Gasteiger partial charge in [-0.15, -0.1) is 6.58 Å². The number of sulfonamides is 1. The van der Waals surface area contributed by atoms with Gasteiger partial charge in [0, 0.05) is 0 Å². The van der Waals surface area contributed by atoms with Crippen molar-refractivity contribution >= 4 is 39.1 Å². The number of carbonyl (C=O) groups is 2. The van der Waals surface area contributed by atoms with Gasteiger partial charge in [-0.3, -0.25) is 9.10 Å². The third-order valence-corrected chi connectivity index (χ3v) is 6.06. The predicted molar refractivity (Wildman–Crippen MR) is 108 cm³/mol. The largest absolute Gasteiger partial charge is 0.451 e. The van der Waals surface area contributed by atoms with Crippen LogP contribution in [0, 0.1) is 0 Å². The average molecular weight is 422 g/mol. The van der Waals surface area contributed by atoms with Crippen LogP contribution < -0.4 is 4.31 Å². The Morgan fingerprint density at radius 3 is 2.43 bits per heavy atom. The second-order valence-electron chi connectivity index (χ2n) is 5.96. The standard InChI is InChI=1S/C20H20ClNO5S/c1-4-12-22(16-8-6-5-7-9-16)28(25,26)17-10-11-19(21)18(13-17)20(24)27-15(3)14(2)23/h4-11,13,15H,1,12H2,2-3H3. The second-order valence-corrected chi connectivity index (χ2v) is 8.23. The summed E-state index contributed by atoms with van der Waals surface area (Å²) in [4.78, 5) is 23.5. The van der Waals surface area contributed by atoms with Crippen LogP contribution in [0.15, 0.2) is 66.1 Å². The number of ketones is 1. The van der Waals surface area contributed by atoms with Crippen molar-refractivity contribution in [1.82, 2.24) is 0 Å². The molecule has 0 heterocycles. The fourth-order valence-electron chi connectivity index (χ4n) is 2.31. The summed E-state index contributed by atoms with van der Waals surface area (Å²) in [7, 11) is -4.01. The van der Waals surface area contributed by atoms with Crippen molar-refractivity contribution in [3.8, 4) is 0 Å².